The second-order valence-electron chi connectivity index (χ2n) is 5.14. The average Bonchev–Trinajstić information content (AvgIpc) is 2.42. The number of likely N-dealkylation sites (tertiary alicyclic amines) is 1. The molecule has 0 aromatic heterocycles. The van der Waals surface area contributed by atoms with Crippen LogP contribution in [0.25, 0.3) is 0 Å². The van der Waals surface area contributed by atoms with E-state index in [9.17, 15) is 19.2 Å². The lowest BCUT2D eigenvalue weighted by Gasteiger charge is -2.31. The van der Waals surface area contributed by atoms with Crippen LogP contribution in [0.2, 0.25) is 0 Å². The van der Waals surface area contributed by atoms with Crippen molar-refractivity contribution < 1.29 is 29.4 Å². The molecule has 1 fully saturated rings. The quantitative estimate of drug-likeness (QED) is 0.617. The van der Waals surface area contributed by atoms with Crippen molar-refractivity contribution in [3.8, 4) is 0 Å². The Kier molecular flexibility index (Phi) is 6.13. The van der Waals surface area contributed by atoms with Crippen LogP contribution < -0.4 is 5.32 Å². The highest BCUT2D eigenvalue weighted by molar-refractivity contribution is 5.86. The number of carbonyl (C=O) groups is 4. The molecule has 0 bridgehead atoms. The lowest BCUT2D eigenvalue weighted by Crippen LogP contribution is -2.49. The van der Waals surface area contributed by atoms with Gasteiger partial charge in [0.2, 0.25) is 11.8 Å². The maximum Gasteiger partial charge on any atom is 0.326 e. The first-order valence-electron chi connectivity index (χ1n) is 6.81. The smallest absolute Gasteiger partial charge is 0.326 e. The third-order valence-corrected chi connectivity index (χ3v) is 3.50. The van der Waals surface area contributed by atoms with Crippen LogP contribution in [-0.2, 0) is 19.2 Å². The van der Waals surface area contributed by atoms with Gasteiger partial charge in [-0.3, -0.25) is 14.4 Å². The molecule has 3 N–H and O–H groups in total. The molecule has 2 amide bonds. The second kappa shape index (κ2) is 7.61. The summed E-state index contributed by atoms with van der Waals surface area (Å²) < 4.78 is 0. The predicted octanol–water partition coefficient (Wildman–Crippen LogP) is -0.321. The summed E-state index contributed by atoms with van der Waals surface area (Å²) in [5.41, 5.74) is 0. The number of hydrogen-bond donors (Lipinski definition) is 3. The minimum Gasteiger partial charge on any atom is -0.481 e. The number of amides is 2. The van der Waals surface area contributed by atoms with Crippen LogP contribution >= 0.6 is 0 Å². The number of carbonyl (C=O) groups excluding carboxylic acids is 2. The Balaban J connectivity index is 2.58. The summed E-state index contributed by atoms with van der Waals surface area (Å²) in [6.07, 6.45) is 0.770. The van der Waals surface area contributed by atoms with E-state index in [0.29, 0.717) is 19.4 Å². The molecule has 0 aliphatic carbocycles. The molecule has 8 nitrogen and oxygen atoms in total. The largest absolute Gasteiger partial charge is 0.481 e. The minimum atomic E-state index is -1.26. The molecule has 0 radical (unpaired) electrons. The van der Waals surface area contributed by atoms with Gasteiger partial charge in [0, 0.05) is 26.4 Å². The Bertz CT molecular complexity index is 436. The van der Waals surface area contributed by atoms with Gasteiger partial charge in [-0.25, -0.2) is 4.79 Å². The Morgan fingerprint density at radius 3 is 2.48 bits per heavy atom. The van der Waals surface area contributed by atoms with Gasteiger partial charge < -0.3 is 20.4 Å². The van der Waals surface area contributed by atoms with Crippen molar-refractivity contribution >= 4 is 23.8 Å². The zero-order chi connectivity index (χ0) is 16.0. The van der Waals surface area contributed by atoms with Crippen molar-refractivity contribution in [2.24, 2.45) is 5.92 Å². The molecule has 1 aliphatic heterocycles. The molecule has 0 spiro atoms. The SMILES string of the molecule is CC(=O)N1CCCC(C(=O)NC(CCC(=O)O)C(=O)O)C1. The van der Waals surface area contributed by atoms with Crippen LogP contribution in [0.5, 0.6) is 0 Å². The number of rotatable bonds is 6. The van der Waals surface area contributed by atoms with Crippen LogP contribution in [-0.4, -0.2) is 58.0 Å². The van der Waals surface area contributed by atoms with Gasteiger partial charge in [0.15, 0.2) is 0 Å². The van der Waals surface area contributed by atoms with E-state index in [2.05, 4.69) is 5.32 Å². The summed E-state index contributed by atoms with van der Waals surface area (Å²) in [6, 6.07) is -1.22. The van der Waals surface area contributed by atoms with Crippen LogP contribution in [0, 0.1) is 5.92 Å². The zero-order valence-corrected chi connectivity index (χ0v) is 11.9. The lowest BCUT2D eigenvalue weighted by molar-refractivity contribution is -0.144. The molecule has 0 aromatic carbocycles. The van der Waals surface area contributed by atoms with Crippen molar-refractivity contribution in [2.45, 2.75) is 38.6 Å². The topological polar surface area (TPSA) is 124 Å². The van der Waals surface area contributed by atoms with Gasteiger partial charge in [0.25, 0.3) is 0 Å². The van der Waals surface area contributed by atoms with E-state index in [4.69, 9.17) is 10.2 Å². The zero-order valence-electron chi connectivity index (χ0n) is 11.9. The molecule has 1 aliphatic rings. The molecule has 21 heavy (non-hydrogen) atoms. The molecular weight excluding hydrogens is 280 g/mol. The number of hydrogen-bond acceptors (Lipinski definition) is 4. The van der Waals surface area contributed by atoms with E-state index >= 15 is 0 Å². The molecular formula is C13H20N2O6. The molecule has 1 rings (SSSR count). The average molecular weight is 300 g/mol. The maximum absolute atomic E-state index is 12.1. The highest BCUT2D eigenvalue weighted by Crippen LogP contribution is 2.17. The molecule has 1 heterocycles. The first-order valence-corrected chi connectivity index (χ1v) is 6.81. The van der Waals surface area contributed by atoms with Crippen LogP contribution in [0.15, 0.2) is 0 Å². The first kappa shape index (κ1) is 16.9. The second-order valence-corrected chi connectivity index (χ2v) is 5.14. The van der Waals surface area contributed by atoms with Gasteiger partial charge in [0.05, 0.1) is 5.92 Å². The molecule has 8 heteroatoms. The monoisotopic (exact) mass is 300 g/mol. The number of nitrogens with zero attached hydrogens (tertiary/aromatic N) is 1. The van der Waals surface area contributed by atoms with E-state index in [1.165, 1.54) is 6.92 Å². The number of carboxylic acid groups (broad SMARTS) is 2. The fourth-order valence-corrected chi connectivity index (χ4v) is 2.29. The first-order chi connectivity index (χ1) is 9.81. The molecule has 2 atom stereocenters. The van der Waals surface area contributed by atoms with E-state index in [1.807, 2.05) is 0 Å². The highest BCUT2D eigenvalue weighted by Gasteiger charge is 2.30. The number of aliphatic carboxylic acids is 2. The third-order valence-electron chi connectivity index (χ3n) is 3.50. The summed E-state index contributed by atoms with van der Waals surface area (Å²) in [7, 11) is 0. The number of nitrogens with one attached hydrogen (secondary N) is 1. The van der Waals surface area contributed by atoms with E-state index in [-0.39, 0.29) is 25.3 Å². The molecule has 0 saturated carbocycles. The van der Waals surface area contributed by atoms with E-state index in [0.717, 1.165) is 0 Å². The minimum absolute atomic E-state index is 0.117. The van der Waals surface area contributed by atoms with Crippen LogP contribution in [0.1, 0.15) is 32.6 Å². The normalized spacial score (nSPS) is 19.7. The van der Waals surface area contributed by atoms with Crippen LogP contribution in [0.4, 0.5) is 0 Å². The van der Waals surface area contributed by atoms with E-state index in [1.54, 1.807) is 4.90 Å². The molecule has 0 aromatic rings. The third kappa shape index (κ3) is 5.41. The lowest BCUT2D eigenvalue weighted by atomic mass is 9.96. The Labute approximate surface area is 122 Å². The van der Waals surface area contributed by atoms with Gasteiger partial charge in [0.1, 0.15) is 6.04 Å². The van der Waals surface area contributed by atoms with Crippen molar-refractivity contribution in [1.29, 1.82) is 0 Å². The standard InChI is InChI=1S/C13H20N2O6/c1-8(16)15-6-2-3-9(7-15)12(19)14-10(13(20)21)4-5-11(17)18/h9-10H,2-7H2,1H3,(H,14,19)(H,17,18)(H,20,21). The van der Waals surface area contributed by atoms with Crippen molar-refractivity contribution in [2.75, 3.05) is 13.1 Å². The fourth-order valence-electron chi connectivity index (χ4n) is 2.29. The van der Waals surface area contributed by atoms with Gasteiger partial charge in [-0.05, 0) is 19.3 Å². The highest BCUT2D eigenvalue weighted by atomic mass is 16.4. The van der Waals surface area contributed by atoms with E-state index < -0.39 is 29.8 Å². The van der Waals surface area contributed by atoms with Gasteiger partial charge in [-0.15, -0.1) is 0 Å². The van der Waals surface area contributed by atoms with Crippen LogP contribution in [0.3, 0.4) is 0 Å². The van der Waals surface area contributed by atoms with Gasteiger partial charge >= 0.3 is 11.9 Å². The Morgan fingerprint density at radius 1 is 1.29 bits per heavy atom. The fraction of sp³-hybridized carbons (Fsp3) is 0.692. The Hall–Kier alpha value is -2.12. The number of carboxylic acids is 2. The maximum atomic E-state index is 12.1. The molecule has 2 unspecified atom stereocenters. The van der Waals surface area contributed by atoms with Crippen molar-refractivity contribution in [3.63, 3.8) is 0 Å². The van der Waals surface area contributed by atoms with Gasteiger partial charge in [-0.2, -0.15) is 0 Å². The van der Waals surface area contributed by atoms with Gasteiger partial charge in [-0.1, -0.05) is 0 Å². The van der Waals surface area contributed by atoms with Crippen molar-refractivity contribution in [3.05, 3.63) is 0 Å². The predicted molar refractivity (Wildman–Crippen MR) is 71.4 cm³/mol. The molecule has 1 saturated heterocycles. The summed E-state index contributed by atoms with van der Waals surface area (Å²) >= 11 is 0. The van der Waals surface area contributed by atoms with Crippen molar-refractivity contribution in [1.82, 2.24) is 10.2 Å². The summed E-state index contributed by atoms with van der Waals surface area (Å²) in [4.78, 5) is 46.4. The Morgan fingerprint density at radius 2 is 1.95 bits per heavy atom. The number of piperidine rings is 1. The molecule has 118 valence electrons. The summed E-state index contributed by atoms with van der Waals surface area (Å²) in [6.45, 7) is 2.29. The summed E-state index contributed by atoms with van der Waals surface area (Å²) in [5.74, 6) is -3.39. The summed E-state index contributed by atoms with van der Waals surface area (Å²) in [5, 5.41) is 19.9.